The Kier molecular flexibility index (Phi) is 5.50. The van der Waals surface area contributed by atoms with Gasteiger partial charge in [-0.25, -0.2) is 0 Å². The maximum absolute atomic E-state index is 10.4. The van der Waals surface area contributed by atoms with Crippen LogP contribution < -0.4 is 5.73 Å². The lowest BCUT2D eigenvalue weighted by molar-refractivity contribution is -0.138. The summed E-state index contributed by atoms with van der Waals surface area (Å²) in [6.45, 7) is 0. The summed E-state index contributed by atoms with van der Waals surface area (Å²) in [5.41, 5.74) is 11.7. The minimum atomic E-state index is -1.00. The van der Waals surface area contributed by atoms with E-state index in [-0.39, 0.29) is 0 Å². The normalized spacial score (nSPS) is 11.0. The zero-order valence-corrected chi connectivity index (χ0v) is 7.40. The van der Waals surface area contributed by atoms with Crippen LogP contribution in [0.25, 0.3) is 5.73 Å². The SMILES string of the molecule is C[NH-].N[C@H](C(=O)O)c1ccccc1. The number of hydrogen-bond acceptors (Lipinski definition) is 2. The van der Waals surface area contributed by atoms with Crippen LogP contribution in [0.5, 0.6) is 0 Å². The Labute approximate surface area is 77.2 Å². The van der Waals surface area contributed by atoms with Crippen molar-refractivity contribution in [2.24, 2.45) is 5.73 Å². The molecular weight excluding hydrogens is 168 g/mol. The van der Waals surface area contributed by atoms with E-state index < -0.39 is 12.0 Å². The van der Waals surface area contributed by atoms with Gasteiger partial charge in [0.1, 0.15) is 6.04 Å². The Balaban J connectivity index is 0.000000671. The van der Waals surface area contributed by atoms with Gasteiger partial charge < -0.3 is 16.6 Å². The summed E-state index contributed by atoms with van der Waals surface area (Å²) in [5, 5.41) is 8.51. The van der Waals surface area contributed by atoms with Crippen LogP contribution in [0.2, 0.25) is 0 Å². The molecule has 0 radical (unpaired) electrons. The average molecular weight is 181 g/mol. The van der Waals surface area contributed by atoms with Gasteiger partial charge in [0, 0.05) is 0 Å². The highest BCUT2D eigenvalue weighted by Gasteiger charge is 2.12. The quantitative estimate of drug-likeness (QED) is 0.723. The summed E-state index contributed by atoms with van der Waals surface area (Å²) < 4.78 is 0. The van der Waals surface area contributed by atoms with Gasteiger partial charge in [0.2, 0.25) is 0 Å². The fraction of sp³-hybridized carbons (Fsp3) is 0.222. The van der Waals surface area contributed by atoms with E-state index in [0.29, 0.717) is 5.56 Å². The number of nitrogens with one attached hydrogen (secondary N) is 1. The van der Waals surface area contributed by atoms with Gasteiger partial charge in [-0.3, -0.25) is 4.79 Å². The van der Waals surface area contributed by atoms with Crippen LogP contribution >= 0.6 is 0 Å². The van der Waals surface area contributed by atoms with Crippen molar-refractivity contribution in [3.63, 3.8) is 0 Å². The standard InChI is InChI=1S/C8H9NO2.CH4N/c9-7(8(10)11)6-4-2-1-3-5-6;1-2/h1-5,7H,9H2,(H,10,11);2H,1H3/q;-1/t7-;/m0./s1. The van der Waals surface area contributed by atoms with E-state index in [4.69, 9.17) is 16.6 Å². The maximum atomic E-state index is 10.4. The van der Waals surface area contributed by atoms with E-state index in [1.54, 1.807) is 24.3 Å². The van der Waals surface area contributed by atoms with Gasteiger partial charge in [0.15, 0.2) is 0 Å². The van der Waals surface area contributed by atoms with E-state index in [9.17, 15) is 4.79 Å². The highest BCUT2D eigenvalue weighted by Crippen LogP contribution is 2.08. The first-order valence-electron chi connectivity index (χ1n) is 3.75. The number of aliphatic carboxylic acids is 1. The third-order valence-electron chi connectivity index (χ3n) is 1.42. The Bertz CT molecular complexity index is 249. The molecule has 1 atom stereocenters. The van der Waals surface area contributed by atoms with E-state index in [1.807, 2.05) is 6.07 Å². The molecule has 1 aromatic rings. The largest absolute Gasteiger partial charge is 0.680 e. The van der Waals surface area contributed by atoms with Crippen molar-refractivity contribution >= 4 is 5.97 Å². The highest BCUT2D eigenvalue weighted by atomic mass is 16.4. The minimum absolute atomic E-state index is 0.625. The molecule has 4 N–H and O–H groups in total. The lowest BCUT2D eigenvalue weighted by Crippen LogP contribution is -2.20. The number of carboxylic acid groups (broad SMARTS) is 1. The monoisotopic (exact) mass is 181 g/mol. The van der Waals surface area contributed by atoms with Crippen molar-refractivity contribution in [1.82, 2.24) is 0 Å². The predicted molar refractivity (Wildman–Crippen MR) is 51.3 cm³/mol. The lowest BCUT2D eigenvalue weighted by Gasteiger charge is -2.04. The Morgan fingerprint density at radius 1 is 1.38 bits per heavy atom. The van der Waals surface area contributed by atoms with E-state index in [1.165, 1.54) is 7.05 Å². The van der Waals surface area contributed by atoms with Gasteiger partial charge >= 0.3 is 5.97 Å². The molecule has 13 heavy (non-hydrogen) atoms. The smallest absolute Gasteiger partial charge is 0.325 e. The summed E-state index contributed by atoms with van der Waals surface area (Å²) >= 11 is 0. The summed E-state index contributed by atoms with van der Waals surface area (Å²) in [4.78, 5) is 10.4. The van der Waals surface area contributed by atoms with Crippen LogP contribution in [0.15, 0.2) is 30.3 Å². The van der Waals surface area contributed by atoms with Crippen LogP contribution in [0.4, 0.5) is 0 Å². The zero-order chi connectivity index (χ0) is 10.3. The van der Waals surface area contributed by atoms with Crippen LogP contribution in [0, 0.1) is 0 Å². The van der Waals surface area contributed by atoms with Crippen LogP contribution in [-0.2, 0) is 4.79 Å². The fourth-order valence-corrected chi connectivity index (χ4v) is 0.803. The number of hydrogen-bond donors (Lipinski definition) is 2. The van der Waals surface area contributed by atoms with Crippen molar-refractivity contribution in [3.05, 3.63) is 41.6 Å². The van der Waals surface area contributed by atoms with E-state index in [0.717, 1.165) is 0 Å². The van der Waals surface area contributed by atoms with Crippen LogP contribution in [-0.4, -0.2) is 18.1 Å². The first-order valence-corrected chi connectivity index (χ1v) is 3.75. The van der Waals surface area contributed by atoms with Crippen molar-refractivity contribution in [2.45, 2.75) is 6.04 Å². The molecule has 1 aromatic carbocycles. The second-order valence-electron chi connectivity index (χ2n) is 2.23. The van der Waals surface area contributed by atoms with Gasteiger partial charge in [0.25, 0.3) is 0 Å². The number of rotatable bonds is 2. The van der Waals surface area contributed by atoms with Gasteiger partial charge in [-0.2, -0.15) is 7.05 Å². The van der Waals surface area contributed by atoms with Crippen molar-refractivity contribution in [3.8, 4) is 0 Å². The third kappa shape index (κ3) is 3.68. The lowest BCUT2D eigenvalue weighted by atomic mass is 10.1. The highest BCUT2D eigenvalue weighted by molar-refractivity contribution is 5.75. The van der Waals surface area contributed by atoms with Gasteiger partial charge in [-0.1, -0.05) is 30.3 Å². The van der Waals surface area contributed by atoms with Gasteiger partial charge in [-0.15, -0.1) is 0 Å². The molecule has 0 heterocycles. The number of nitrogens with two attached hydrogens (primary N) is 1. The van der Waals surface area contributed by atoms with Crippen LogP contribution in [0.1, 0.15) is 11.6 Å². The first kappa shape index (κ1) is 11.6. The second kappa shape index (κ2) is 6.16. The molecule has 1 rings (SSSR count). The summed E-state index contributed by atoms with van der Waals surface area (Å²) in [5.74, 6) is -1.00. The average Bonchev–Trinajstić information content (AvgIpc) is 2.21. The Hall–Kier alpha value is -1.39. The minimum Gasteiger partial charge on any atom is -0.680 e. The van der Waals surface area contributed by atoms with Crippen LogP contribution in [0.3, 0.4) is 0 Å². The molecule has 0 aromatic heterocycles. The number of carboxylic acids is 1. The molecule has 0 aliphatic rings. The molecule has 72 valence electrons. The molecule has 0 amide bonds. The maximum Gasteiger partial charge on any atom is 0.325 e. The number of benzene rings is 1. The van der Waals surface area contributed by atoms with Crippen molar-refractivity contribution in [1.29, 1.82) is 0 Å². The molecule has 0 spiro atoms. The summed E-state index contributed by atoms with van der Waals surface area (Å²) in [6, 6.07) is 7.82. The van der Waals surface area contributed by atoms with E-state index in [2.05, 4.69) is 0 Å². The molecule has 4 heteroatoms. The van der Waals surface area contributed by atoms with E-state index >= 15 is 0 Å². The summed E-state index contributed by atoms with van der Waals surface area (Å²) in [7, 11) is 1.25. The third-order valence-corrected chi connectivity index (χ3v) is 1.42. The van der Waals surface area contributed by atoms with Crippen molar-refractivity contribution < 1.29 is 9.90 Å². The molecule has 0 aliphatic carbocycles. The Morgan fingerprint density at radius 3 is 2.23 bits per heavy atom. The fourth-order valence-electron chi connectivity index (χ4n) is 0.803. The molecule has 4 nitrogen and oxygen atoms in total. The molecule has 0 saturated heterocycles. The topological polar surface area (TPSA) is 87.1 Å². The predicted octanol–water partition coefficient (Wildman–Crippen LogP) is 1.44. The summed E-state index contributed by atoms with van der Waals surface area (Å²) in [6.07, 6.45) is 0. The second-order valence-corrected chi connectivity index (χ2v) is 2.23. The Morgan fingerprint density at radius 2 is 1.85 bits per heavy atom. The molecule has 0 aliphatic heterocycles. The van der Waals surface area contributed by atoms with Gasteiger partial charge in [0.05, 0.1) is 0 Å². The molecule has 0 unspecified atom stereocenters. The van der Waals surface area contributed by atoms with Gasteiger partial charge in [-0.05, 0) is 5.56 Å². The zero-order valence-electron chi connectivity index (χ0n) is 7.40. The first-order chi connectivity index (χ1) is 6.22. The molecule has 0 fully saturated rings. The molecular formula is C9H13N2O2-. The van der Waals surface area contributed by atoms with Crippen molar-refractivity contribution in [2.75, 3.05) is 7.05 Å². The number of carbonyl (C=O) groups is 1. The molecule has 0 bridgehead atoms. The molecule has 0 saturated carbocycles.